The molecular formula is C13H26N2O3. The molecule has 0 aliphatic rings. The largest absolute Gasteiger partial charge is 0.481 e. The molecule has 0 aromatic rings. The van der Waals surface area contributed by atoms with Crippen molar-refractivity contribution in [1.82, 2.24) is 5.32 Å². The lowest BCUT2D eigenvalue weighted by Gasteiger charge is -2.27. The highest BCUT2D eigenvalue weighted by Gasteiger charge is 2.35. The molecule has 18 heavy (non-hydrogen) atoms. The fraction of sp³-hybridized carbons (Fsp3) is 0.846. The van der Waals surface area contributed by atoms with E-state index in [0.717, 1.165) is 12.8 Å². The second-order valence-electron chi connectivity index (χ2n) is 4.84. The predicted octanol–water partition coefficient (Wildman–Crippen LogP) is 1.37. The van der Waals surface area contributed by atoms with E-state index in [1.807, 2.05) is 20.8 Å². The molecule has 0 bridgehead atoms. The number of hydrogen-bond donors (Lipinski definition) is 3. The van der Waals surface area contributed by atoms with E-state index in [9.17, 15) is 14.7 Å². The maximum Gasteiger partial charge on any atom is 0.311 e. The summed E-state index contributed by atoms with van der Waals surface area (Å²) in [5, 5.41) is 12.0. The molecule has 0 rings (SSSR count). The van der Waals surface area contributed by atoms with Gasteiger partial charge in [-0.05, 0) is 32.2 Å². The van der Waals surface area contributed by atoms with Crippen LogP contribution in [0.25, 0.3) is 0 Å². The average Bonchev–Trinajstić information content (AvgIpc) is 2.36. The third kappa shape index (κ3) is 4.64. The first kappa shape index (κ1) is 16.9. The summed E-state index contributed by atoms with van der Waals surface area (Å²) in [6.45, 7) is 6.27. The second-order valence-corrected chi connectivity index (χ2v) is 4.84. The molecule has 1 atom stereocenters. The molecule has 0 saturated carbocycles. The Labute approximate surface area is 109 Å². The molecule has 1 amide bonds. The average molecular weight is 258 g/mol. The Balaban J connectivity index is 4.36. The minimum absolute atomic E-state index is 0.0871. The maximum atomic E-state index is 11.8. The van der Waals surface area contributed by atoms with Gasteiger partial charge in [0, 0.05) is 12.5 Å². The standard InChI is InChI=1S/C13H26N2O3/c1-4-13(5-2,12(17)18)9-15-11(16)10(3)7-6-8-14/h10H,4-9,14H2,1-3H3,(H,15,16)(H,17,18). The summed E-state index contributed by atoms with van der Waals surface area (Å²) in [5.74, 6) is -1.05. The lowest BCUT2D eigenvalue weighted by Crippen LogP contribution is -2.43. The Hall–Kier alpha value is -1.10. The number of nitrogens with one attached hydrogen (secondary N) is 1. The highest BCUT2D eigenvalue weighted by Crippen LogP contribution is 2.25. The number of carbonyl (C=O) groups excluding carboxylic acids is 1. The first-order valence-corrected chi connectivity index (χ1v) is 6.64. The van der Waals surface area contributed by atoms with E-state index in [-0.39, 0.29) is 18.4 Å². The number of amides is 1. The van der Waals surface area contributed by atoms with E-state index < -0.39 is 11.4 Å². The number of carboxylic acids is 1. The molecule has 0 radical (unpaired) electrons. The Morgan fingerprint density at radius 1 is 1.33 bits per heavy atom. The van der Waals surface area contributed by atoms with Gasteiger partial charge in [0.15, 0.2) is 0 Å². The van der Waals surface area contributed by atoms with Crippen molar-refractivity contribution in [3.05, 3.63) is 0 Å². The Morgan fingerprint density at radius 3 is 2.28 bits per heavy atom. The fourth-order valence-corrected chi connectivity index (χ4v) is 1.86. The zero-order valence-corrected chi connectivity index (χ0v) is 11.7. The molecule has 0 fully saturated rings. The van der Waals surface area contributed by atoms with Crippen LogP contribution < -0.4 is 11.1 Å². The first-order chi connectivity index (χ1) is 8.43. The van der Waals surface area contributed by atoms with Crippen molar-refractivity contribution in [3.63, 3.8) is 0 Å². The van der Waals surface area contributed by atoms with E-state index in [1.165, 1.54) is 0 Å². The van der Waals surface area contributed by atoms with E-state index in [1.54, 1.807) is 0 Å². The minimum Gasteiger partial charge on any atom is -0.481 e. The summed E-state index contributed by atoms with van der Waals surface area (Å²) >= 11 is 0. The van der Waals surface area contributed by atoms with Crippen molar-refractivity contribution in [2.75, 3.05) is 13.1 Å². The van der Waals surface area contributed by atoms with Crippen LogP contribution in [0.5, 0.6) is 0 Å². The molecule has 0 spiro atoms. The highest BCUT2D eigenvalue weighted by molar-refractivity contribution is 5.80. The molecule has 0 aromatic heterocycles. The zero-order valence-electron chi connectivity index (χ0n) is 11.7. The minimum atomic E-state index is -0.845. The van der Waals surface area contributed by atoms with Crippen molar-refractivity contribution in [2.45, 2.75) is 46.5 Å². The summed E-state index contributed by atoms with van der Waals surface area (Å²) in [5.41, 5.74) is 4.55. The van der Waals surface area contributed by atoms with Crippen LogP contribution in [0.4, 0.5) is 0 Å². The van der Waals surface area contributed by atoms with Crippen LogP contribution in [-0.4, -0.2) is 30.1 Å². The monoisotopic (exact) mass is 258 g/mol. The Kier molecular flexibility index (Phi) is 7.59. The third-order valence-corrected chi connectivity index (χ3v) is 3.70. The molecule has 106 valence electrons. The van der Waals surface area contributed by atoms with Crippen LogP contribution in [0.1, 0.15) is 46.5 Å². The number of aliphatic carboxylic acids is 1. The molecule has 0 aromatic carbocycles. The molecule has 5 heteroatoms. The predicted molar refractivity (Wildman–Crippen MR) is 71.1 cm³/mol. The van der Waals surface area contributed by atoms with Gasteiger partial charge in [-0.2, -0.15) is 0 Å². The molecule has 0 aliphatic carbocycles. The SMILES string of the molecule is CCC(CC)(CNC(=O)C(C)CCCN)C(=O)O. The summed E-state index contributed by atoms with van der Waals surface area (Å²) in [6, 6.07) is 0. The highest BCUT2D eigenvalue weighted by atomic mass is 16.4. The van der Waals surface area contributed by atoms with Crippen LogP contribution in [0.15, 0.2) is 0 Å². The van der Waals surface area contributed by atoms with Crippen molar-refractivity contribution in [1.29, 1.82) is 0 Å². The van der Waals surface area contributed by atoms with Crippen molar-refractivity contribution < 1.29 is 14.7 Å². The van der Waals surface area contributed by atoms with Crippen molar-refractivity contribution in [2.24, 2.45) is 17.1 Å². The molecule has 0 saturated heterocycles. The van der Waals surface area contributed by atoms with Crippen LogP contribution in [-0.2, 0) is 9.59 Å². The quantitative estimate of drug-likeness (QED) is 0.582. The van der Waals surface area contributed by atoms with Gasteiger partial charge >= 0.3 is 5.97 Å². The number of nitrogens with two attached hydrogens (primary N) is 1. The zero-order chi connectivity index (χ0) is 14.2. The third-order valence-electron chi connectivity index (χ3n) is 3.70. The van der Waals surface area contributed by atoms with Crippen LogP contribution in [0, 0.1) is 11.3 Å². The maximum absolute atomic E-state index is 11.8. The molecular weight excluding hydrogens is 232 g/mol. The Bertz CT molecular complexity index is 275. The normalized spacial score (nSPS) is 13.1. The summed E-state index contributed by atoms with van der Waals surface area (Å²) in [4.78, 5) is 23.1. The van der Waals surface area contributed by atoms with Crippen molar-refractivity contribution >= 4 is 11.9 Å². The summed E-state index contributed by atoms with van der Waals surface area (Å²) in [7, 11) is 0. The summed E-state index contributed by atoms with van der Waals surface area (Å²) < 4.78 is 0. The number of carboxylic acid groups (broad SMARTS) is 1. The van der Waals surface area contributed by atoms with Crippen LogP contribution in [0.2, 0.25) is 0 Å². The number of rotatable bonds is 9. The molecule has 0 aliphatic heterocycles. The van der Waals surface area contributed by atoms with Gasteiger partial charge < -0.3 is 16.2 Å². The molecule has 1 unspecified atom stereocenters. The topological polar surface area (TPSA) is 92.4 Å². The van der Waals surface area contributed by atoms with Gasteiger partial charge in [-0.25, -0.2) is 0 Å². The van der Waals surface area contributed by atoms with Gasteiger partial charge in [0.25, 0.3) is 0 Å². The Morgan fingerprint density at radius 2 is 1.89 bits per heavy atom. The van der Waals surface area contributed by atoms with Crippen LogP contribution in [0.3, 0.4) is 0 Å². The smallest absolute Gasteiger partial charge is 0.311 e. The second kappa shape index (κ2) is 8.08. The van der Waals surface area contributed by atoms with Gasteiger partial charge in [-0.15, -0.1) is 0 Å². The molecule has 5 nitrogen and oxygen atoms in total. The van der Waals surface area contributed by atoms with E-state index in [0.29, 0.717) is 19.4 Å². The number of hydrogen-bond acceptors (Lipinski definition) is 3. The molecule has 0 heterocycles. The van der Waals surface area contributed by atoms with E-state index in [4.69, 9.17) is 5.73 Å². The lowest BCUT2D eigenvalue weighted by molar-refractivity contribution is -0.149. The van der Waals surface area contributed by atoms with Crippen molar-refractivity contribution in [3.8, 4) is 0 Å². The van der Waals surface area contributed by atoms with E-state index in [2.05, 4.69) is 5.32 Å². The fourth-order valence-electron chi connectivity index (χ4n) is 1.86. The number of carbonyl (C=O) groups is 2. The van der Waals surface area contributed by atoms with E-state index >= 15 is 0 Å². The van der Waals surface area contributed by atoms with Gasteiger partial charge in [-0.1, -0.05) is 20.8 Å². The van der Waals surface area contributed by atoms with Gasteiger partial charge in [0.05, 0.1) is 5.41 Å². The summed E-state index contributed by atoms with van der Waals surface area (Å²) in [6.07, 6.45) is 2.56. The van der Waals surface area contributed by atoms with Gasteiger partial charge in [0.1, 0.15) is 0 Å². The first-order valence-electron chi connectivity index (χ1n) is 6.64. The van der Waals surface area contributed by atoms with Gasteiger partial charge in [0.2, 0.25) is 5.91 Å². The van der Waals surface area contributed by atoms with Crippen LogP contribution >= 0.6 is 0 Å². The molecule has 4 N–H and O–H groups in total. The van der Waals surface area contributed by atoms with Gasteiger partial charge in [-0.3, -0.25) is 9.59 Å². The lowest BCUT2D eigenvalue weighted by atomic mass is 9.82.